The van der Waals surface area contributed by atoms with E-state index in [1.54, 1.807) is 24.6 Å². The van der Waals surface area contributed by atoms with Crippen molar-refractivity contribution in [2.24, 2.45) is 0 Å². The molecule has 0 aliphatic carbocycles. The number of aromatic amines is 1. The normalized spacial score (nSPS) is 12.4. The fraction of sp³-hybridized carbons (Fsp3) is 0.167. The first-order valence-corrected chi connectivity index (χ1v) is 8.62. The second-order valence-electron chi connectivity index (χ2n) is 4.10. The Hall–Kier alpha value is -1.71. The Morgan fingerprint density at radius 1 is 1.43 bits per heavy atom. The third-order valence-corrected chi connectivity index (χ3v) is 5.11. The van der Waals surface area contributed by atoms with Crippen molar-refractivity contribution in [3.63, 3.8) is 0 Å². The third kappa shape index (κ3) is 3.14. The maximum Gasteiger partial charge on any atom is 0.260 e. The van der Waals surface area contributed by atoms with Crippen LogP contribution in [0.4, 0.5) is 5.13 Å². The number of thiazole rings is 1. The zero-order chi connectivity index (χ0) is 14.8. The molecular weight excluding hydrogens is 328 g/mol. The van der Waals surface area contributed by atoms with Gasteiger partial charge in [-0.25, -0.2) is 9.97 Å². The van der Waals surface area contributed by atoms with Crippen molar-refractivity contribution in [3.8, 4) is 0 Å². The molecule has 0 aliphatic heterocycles. The van der Waals surface area contributed by atoms with Gasteiger partial charge in [0.1, 0.15) is 4.83 Å². The fourth-order valence-electron chi connectivity index (χ4n) is 1.61. The minimum absolute atomic E-state index is 0.177. The monoisotopic (exact) mass is 338 g/mol. The van der Waals surface area contributed by atoms with Crippen LogP contribution in [0.25, 0.3) is 10.2 Å². The number of H-pyrrole nitrogens is 1. The molecule has 0 bridgehead atoms. The van der Waals surface area contributed by atoms with Crippen molar-refractivity contribution in [2.75, 3.05) is 5.32 Å². The Bertz CT molecular complexity index is 825. The van der Waals surface area contributed by atoms with Crippen LogP contribution in [-0.2, 0) is 4.79 Å². The van der Waals surface area contributed by atoms with Crippen LogP contribution in [0, 0.1) is 0 Å². The molecule has 0 fully saturated rings. The molecule has 0 aliphatic rings. The van der Waals surface area contributed by atoms with Gasteiger partial charge in [0.05, 0.1) is 10.6 Å². The van der Waals surface area contributed by atoms with E-state index in [2.05, 4.69) is 20.3 Å². The van der Waals surface area contributed by atoms with Gasteiger partial charge in [0.2, 0.25) is 5.91 Å². The van der Waals surface area contributed by atoms with Crippen molar-refractivity contribution in [3.05, 3.63) is 33.4 Å². The number of fused-ring (bicyclic) bond motifs is 1. The average Bonchev–Trinajstić information content (AvgIpc) is 3.09. The van der Waals surface area contributed by atoms with Crippen LogP contribution in [0.5, 0.6) is 0 Å². The molecule has 0 aromatic carbocycles. The summed E-state index contributed by atoms with van der Waals surface area (Å²) in [7, 11) is 0. The quantitative estimate of drug-likeness (QED) is 0.564. The molecule has 108 valence electrons. The number of thiophene rings is 1. The van der Waals surface area contributed by atoms with Gasteiger partial charge in [-0.15, -0.1) is 22.7 Å². The van der Waals surface area contributed by atoms with E-state index in [-0.39, 0.29) is 11.5 Å². The number of anilines is 1. The number of thioether (sulfide) groups is 1. The number of aromatic nitrogens is 3. The second-order valence-corrected chi connectivity index (χ2v) is 7.22. The lowest BCUT2D eigenvalue weighted by Crippen LogP contribution is -2.23. The van der Waals surface area contributed by atoms with Gasteiger partial charge in [0.25, 0.3) is 5.56 Å². The van der Waals surface area contributed by atoms with E-state index in [4.69, 9.17) is 0 Å². The number of hydrogen-bond acceptors (Lipinski definition) is 7. The van der Waals surface area contributed by atoms with Gasteiger partial charge in [-0.05, 0) is 18.4 Å². The number of carbonyl (C=O) groups excluding carboxylic acids is 1. The Morgan fingerprint density at radius 2 is 2.29 bits per heavy atom. The lowest BCUT2D eigenvalue weighted by atomic mass is 10.4. The molecular formula is C12H10N4O2S3. The highest BCUT2D eigenvalue weighted by atomic mass is 32.2. The van der Waals surface area contributed by atoms with Gasteiger partial charge in [0, 0.05) is 11.6 Å². The zero-order valence-electron chi connectivity index (χ0n) is 10.8. The van der Waals surface area contributed by atoms with Crippen molar-refractivity contribution >= 4 is 55.7 Å². The average molecular weight is 338 g/mol. The molecule has 9 heteroatoms. The van der Waals surface area contributed by atoms with Gasteiger partial charge in [0.15, 0.2) is 10.3 Å². The Kier molecular flexibility index (Phi) is 4.04. The molecule has 0 saturated heterocycles. The van der Waals surface area contributed by atoms with Crippen molar-refractivity contribution in [2.45, 2.75) is 17.3 Å². The van der Waals surface area contributed by atoms with Crippen LogP contribution in [0.3, 0.4) is 0 Å². The molecule has 3 aromatic heterocycles. The standard InChI is InChI=1S/C12H10N4O2S3/c1-6(8(17)14-11-13-3-5-20-11)21-12-15-9(18)7-2-4-19-10(7)16-12/h2-6H,1H3,(H,13,14,17)(H,15,16,18)/t6-/m1/s1. The summed E-state index contributed by atoms with van der Waals surface area (Å²) in [6.07, 6.45) is 1.63. The maximum atomic E-state index is 12.0. The van der Waals surface area contributed by atoms with E-state index in [1.165, 1.54) is 34.4 Å². The minimum Gasteiger partial charge on any atom is -0.301 e. The zero-order valence-corrected chi connectivity index (χ0v) is 13.3. The smallest absolute Gasteiger partial charge is 0.260 e. The molecule has 6 nitrogen and oxygen atoms in total. The molecule has 3 aromatic rings. The van der Waals surface area contributed by atoms with Gasteiger partial charge >= 0.3 is 0 Å². The number of nitrogens with one attached hydrogen (secondary N) is 2. The number of rotatable bonds is 4. The predicted octanol–water partition coefficient (Wildman–Crippen LogP) is 2.56. The third-order valence-electron chi connectivity index (χ3n) is 2.63. The highest BCUT2D eigenvalue weighted by Gasteiger charge is 2.17. The van der Waals surface area contributed by atoms with Gasteiger partial charge in [-0.3, -0.25) is 9.59 Å². The van der Waals surface area contributed by atoms with Gasteiger partial charge in [-0.1, -0.05) is 11.8 Å². The van der Waals surface area contributed by atoms with Gasteiger partial charge in [-0.2, -0.15) is 0 Å². The molecule has 0 radical (unpaired) electrons. The highest BCUT2D eigenvalue weighted by Crippen LogP contribution is 2.23. The first kappa shape index (κ1) is 14.2. The summed E-state index contributed by atoms with van der Waals surface area (Å²) in [6, 6.07) is 1.73. The summed E-state index contributed by atoms with van der Waals surface area (Å²) in [6.45, 7) is 1.76. The topological polar surface area (TPSA) is 87.7 Å². The van der Waals surface area contributed by atoms with Crippen LogP contribution >= 0.6 is 34.4 Å². The first-order chi connectivity index (χ1) is 10.1. The highest BCUT2D eigenvalue weighted by molar-refractivity contribution is 8.00. The fourth-order valence-corrected chi connectivity index (χ4v) is 3.77. The summed E-state index contributed by atoms with van der Waals surface area (Å²) in [5.41, 5.74) is -0.184. The molecule has 2 N–H and O–H groups in total. The summed E-state index contributed by atoms with van der Waals surface area (Å²) in [5.74, 6) is -0.177. The maximum absolute atomic E-state index is 12.0. The van der Waals surface area contributed by atoms with Crippen LogP contribution in [-0.4, -0.2) is 26.1 Å². The number of nitrogens with zero attached hydrogens (tertiary/aromatic N) is 2. The second kappa shape index (κ2) is 5.96. The summed E-state index contributed by atoms with van der Waals surface area (Å²) in [4.78, 5) is 35.6. The minimum atomic E-state index is -0.394. The SMILES string of the molecule is C[C@@H](Sc1nc2sccc2c(=O)[nH]1)C(=O)Nc1nccs1. The molecule has 0 saturated carbocycles. The summed E-state index contributed by atoms with van der Waals surface area (Å²) in [5, 5.41) is 7.51. The molecule has 0 spiro atoms. The van der Waals surface area contributed by atoms with E-state index in [1.807, 2.05) is 5.38 Å². The van der Waals surface area contributed by atoms with Crippen LogP contribution in [0.15, 0.2) is 33.0 Å². The lowest BCUT2D eigenvalue weighted by Gasteiger charge is -2.09. The van der Waals surface area contributed by atoms with Crippen LogP contribution in [0.1, 0.15) is 6.92 Å². The van der Waals surface area contributed by atoms with Gasteiger partial charge < -0.3 is 10.3 Å². The van der Waals surface area contributed by atoms with E-state index in [0.29, 0.717) is 20.5 Å². The van der Waals surface area contributed by atoms with E-state index in [0.717, 1.165) is 0 Å². The number of hydrogen-bond donors (Lipinski definition) is 2. The number of carbonyl (C=O) groups is 1. The molecule has 1 atom stereocenters. The lowest BCUT2D eigenvalue weighted by molar-refractivity contribution is -0.115. The molecule has 0 unspecified atom stereocenters. The Labute approximate surface area is 131 Å². The molecule has 21 heavy (non-hydrogen) atoms. The Balaban J connectivity index is 1.74. The molecule has 3 rings (SSSR count). The van der Waals surface area contributed by atoms with Crippen molar-refractivity contribution in [1.82, 2.24) is 15.0 Å². The van der Waals surface area contributed by atoms with E-state index in [9.17, 15) is 9.59 Å². The van der Waals surface area contributed by atoms with Crippen molar-refractivity contribution in [1.29, 1.82) is 0 Å². The van der Waals surface area contributed by atoms with E-state index >= 15 is 0 Å². The summed E-state index contributed by atoms with van der Waals surface area (Å²) >= 11 is 3.97. The largest absolute Gasteiger partial charge is 0.301 e. The molecule has 3 heterocycles. The van der Waals surface area contributed by atoms with Crippen LogP contribution in [0.2, 0.25) is 0 Å². The molecule has 1 amide bonds. The number of amides is 1. The van der Waals surface area contributed by atoms with Crippen molar-refractivity contribution < 1.29 is 4.79 Å². The predicted molar refractivity (Wildman–Crippen MR) is 86.3 cm³/mol. The van der Waals surface area contributed by atoms with Crippen LogP contribution < -0.4 is 10.9 Å². The Morgan fingerprint density at radius 3 is 3.05 bits per heavy atom. The summed E-state index contributed by atoms with van der Waals surface area (Å²) < 4.78 is 0. The van der Waals surface area contributed by atoms with E-state index < -0.39 is 5.25 Å². The first-order valence-electron chi connectivity index (χ1n) is 5.98.